The van der Waals surface area contributed by atoms with Crippen molar-refractivity contribution in [3.63, 3.8) is 0 Å². The average Bonchev–Trinajstić information content (AvgIpc) is 1.85. The van der Waals surface area contributed by atoms with Gasteiger partial charge in [0.25, 0.3) is 0 Å². The van der Waals surface area contributed by atoms with Crippen molar-refractivity contribution in [1.29, 1.82) is 10.8 Å². The molecule has 0 radical (unpaired) electrons. The molecule has 4 N–H and O–H groups in total. The number of hydrogen-bond donors (Lipinski definition) is 3. The largest absolute Gasteiger partial charge is 0.432 e. The fraction of sp³-hybridized carbons (Fsp3) is 0.333. The summed E-state index contributed by atoms with van der Waals surface area (Å²) < 4.78 is 35.1. The van der Waals surface area contributed by atoms with E-state index >= 15 is 0 Å². The van der Waals surface area contributed by atoms with Crippen molar-refractivity contribution in [2.45, 2.75) is 13.1 Å². The maximum absolute atomic E-state index is 11.7. The molecule has 0 spiro atoms. The van der Waals surface area contributed by atoms with Crippen LogP contribution in [-0.4, -0.2) is 17.7 Å². The van der Waals surface area contributed by atoms with Gasteiger partial charge < -0.3 is 5.73 Å². The molecule has 0 amide bonds. The van der Waals surface area contributed by atoms with Gasteiger partial charge in [0.15, 0.2) is 0 Å². The van der Waals surface area contributed by atoms with E-state index in [1.165, 1.54) is 6.92 Å². The predicted octanol–water partition coefficient (Wildman–Crippen LogP) is 1.45. The zero-order chi connectivity index (χ0) is 9.94. The van der Waals surface area contributed by atoms with Crippen molar-refractivity contribution in [3.05, 3.63) is 11.6 Å². The SMILES string of the molecule is C/C(=C/C(=N)C(F)(F)F)C(=N)N. The van der Waals surface area contributed by atoms with Gasteiger partial charge >= 0.3 is 6.18 Å². The topological polar surface area (TPSA) is 73.7 Å². The van der Waals surface area contributed by atoms with Gasteiger partial charge in [-0.1, -0.05) is 0 Å². The first-order chi connectivity index (χ1) is 5.25. The smallest absolute Gasteiger partial charge is 0.384 e. The van der Waals surface area contributed by atoms with E-state index in [0.717, 1.165) is 0 Å². The number of halogens is 3. The Bertz CT molecular complexity index is 239. The van der Waals surface area contributed by atoms with Crippen molar-refractivity contribution in [1.82, 2.24) is 0 Å². The molecule has 6 heteroatoms. The number of nitrogens with two attached hydrogens (primary N) is 1. The molecule has 0 aliphatic rings. The van der Waals surface area contributed by atoms with Gasteiger partial charge in [0.1, 0.15) is 11.5 Å². The Morgan fingerprint density at radius 3 is 2.00 bits per heavy atom. The number of hydrogen-bond acceptors (Lipinski definition) is 2. The third kappa shape index (κ3) is 3.18. The van der Waals surface area contributed by atoms with Gasteiger partial charge in [-0.3, -0.25) is 10.8 Å². The summed E-state index contributed by atoms with van der Waals surface area (Å²) in [6, 6.07) is 0. The normalized spacial score (nSPS) is 12.8. The monoisotopic (exact) mass is 179 g/mol. The van der Waals surface area contributed by atoms with Crippen LogP contribution in [0.2, 0.25) is 0 Å². The molecule has 0 bridgehead atoms. The van der Waals surface area contributed by atoms with E-state index in [-0.39, 0.29) is 5.57 Å². The average molecular weight is 179 g/mol. The molecule has 0 fully saturated rings. The molecular weight excluding hydrogens is 171 g/mol. The van der Waals surface area contributed by atoms with Crippen LogP contribution >= 0.6 is 0 Å². The quantitative estimate of drug-likeness (QED) is 0.435. The summed E-state index contributed by atoms with van der Waals surface area (Å²) in [5, 5.41) is 13.3. The Balaban J connectivity index is 4.57. The van der Waals surface area contributed by atoms with Crippen molar-refractivity contribution < 1.29 is 13.2 Å². The van der Waals surface area contributed by atoms with E-state index in [0.29, 0.717) is 6.08 Å². The summed E-state index contributed by atoms with van der Waals surface area (Å²) in [5.74, 6) is -0.469. The van der Waals surface area contributed by atoms with E-state index < -0.39 is 17.7 Å². The molecule has 0 saturated carbocycles. The molecule has 0 atom stereocenters. The van der Waals surface area contributed by atoms with E-state index in [4.69, 9.17) is 16.6 Å². The van der Waals surface area contributed by atoms with Crippen LogP contribution in [0, 0.1) is 10.8 Å². The second-order valence-corrected chi connectivity index (χ2v) is 2.15. The summed E-state index contributed by atoms with van der Waals surface area (Å²) >= 11 is 0. The highest BCUT2D eigenvalue weighted by atomic mass is 19.4. The summed E-state index contributed by atoms with van der Waals surface area (Å²) in [7, 11) is 0. The molecule has 0 unspecified atom stereocenters. The summed E-state index contributed by atoms with van der Waals surface area (Å²) in [5.41, 5.74) is 3.30. The predicted molar refractivity (Wildman–Crippen MR) is 39.5 cm³/mol. The second-order valence-electron chi connectivity index (χ2n) is 2.15. The molecule has 0 aliphatic heterocycles. The van der Waals surface area contributed by atoms with E-state index in [1.807, 2.05) is 0 Å². The van der Waals surface area contributed by atoms with Crippen LogP contribution in [0.15, 0.2) is 11.6 Å². The third-order valence-corrected chi connectivity index (χ3v) is 1.09. The van der Waals surface area contributed by atoms with Gasteiger partial charge in [-0.05, 0) is 18.6 Å². The minimum Gasteiger partial charge on any atom is -0.384 e. The maximum atomic E-state index is 11.7. The van der Waals surface area contributed by atoms with Crippen LogP contribution in [-0.2, 0) is 0 Å². The Kier molecular flexibility index (Phi) is 3.00. The molecule has 12 heavy (non-hydrogen) atoms. The first kappa shape index (κ1) is 10.7. The van der Waals surface area contributed by atoms with Crippen LogP contribution in [0.25, 0.3) is 0 Å². The highest BCUT2D eigenvalue weighted by Crippen LogP contribution is 2.17. The van der Waals surface area contributed by atoms with Crippen LogP contribution in [0.4, 0.5) is 13.2 Å². The summed E-state index contributed by atoms with van der Waals surface area (Å²) in [6.45, 7) is 1.24. The molecule has 0 saturated heterocycles. The second kappa shape index (κ2) is 3.38. The molecule has 0 rings (SSSR count). The molecule has 0 aliphatic carbocycles. The fourth-order valence-electron chi connectivity index (χ4n) is 0.376. The zero-order valence-corrected chi connectivity index (χ0v) is 6.29. The lowest BCUT2D eigenvalue weighted by molar-refractivity contribution is -0.0584. The van der Waals surface area contributed by atoms with Crippen molar-refractivity contribution in [2.75, 3.05) is 0 Å². The maximum Gasteiger partial charge on any atom is 0.432 e. The number of rotatable bonds is 2. The van der Waals surface area contributed by atoms with Crippen LogP contribution in [0.3, 0.4) is 0 Å². The van der Waals surface area contributed by atoms with Gasteiger partial charge in [0.05, 0.1) is 0 Å². The van der Waals surface area contributed by atoms with Crippen molar-refractivity contribution in [3.8, 4) is 0 Å². The lowest BCUT2D eigenvalue weighted by atomic mass is 10.2. The fourth-order valence-corrected chi connectivity index (χ4v) is 0.376. The van der Waals surface area contributed by atoms with E-state index in [1.54, 1.807) is 0 Å². The molecule has 68 valence electrons. The standard InChI is InChI=1S/C6H8F3N3/c1-3(5(11)12)2-4(10)6(7,8)9/h2,10H,1H3,(H3,11,12)/b3-2-,10-4?. The lowest BCUT2D eigenvalue weighted by Crippen LogP contribution is -2.21. The first-order valence-electron chi connectivity index (χ1n) is 2.93. The number of alkyl halides is 3. The minimum atomic E-state index is -4.67. The van der Waals surface area contributed by atoms with Crippen LogP contribution in [0.5, 0.6) is 0 Å². The van der Waals surface area contributed by atoms with Gasteiger partial charge in [-0.15, -0.1) is 0 Å². The van der Waals surface area contributed by atoms with Gasteiger partial charge in [0, 0.05) is 0 Å². The van der Waals surface area contributed by atoms with Gasteiger partial charge in [0.2, 0.25) is 0 Å². The van der Waals surface area contributed by atoms with E-state index in [9.17, 15) is 13.2 Å². The Labute approximate surface area is 67.1 Å². The Hall–Kier alpha value is -1.33. The van der Waals surface area contributed by atoms with Crippen LogP contribution in [0.1, 0.15) is 6.92 Å². The molecular formula is C6H8F3N3. The Morgan fingerprint density at radius 1 is 1.33 bits per heavy atom. The molecule has 0 aromatic carbocycles. The summed E-state index contributed by atoms with van der Waals surface area (Å²) in [4.78, 5) is 0. The first-order valence-corrected chi connectivity index (χ1v) is 2.93. The molecule has 0 heterocycles. The molecule has 3 nitrogen and oxygen atoms in total. The summed E-state index contributed by atoms with van der Waals surface area (Å²) in [6.07, 6.45) is -4.15. The molecule has 0 aromatic heterocycles. The Morgan fingerprint density at radius 2 is 1.75 bits per heavy atom. The van der Waals surface area contributed by atoms with E-state index in [2.05, 4.69) is 0 Å². The molecule has 0 aromatic rings. The zero-order valence-electron chi connectivity index (χ0n) is 6.29. The number of nitrogens with one attached hydrogen (secondary N) is 2. The number of allylic oxidation sites excluding steroid dienone is 1. The van der Waals surface area contributed by atoms with Gasteiger partial charge in [-0.2, -0.15) is 13.2 Å². The minimum absolute atomic E-state index is 0.0719. The van der Waals surface area contributed by atoms with Gasteiger partial charge in [-0.25, -0.2) is 0 Å². The highest BCUT2D eigenvalue weighted by molar-refractivity contribution is 6.05. The third-order valence-electron chi connectivity index (χ3n) is 1.09. The van der Waals surface area contributed by atoms with Crippen molar-refractivity contribution in [2.24, 2.45) is 5.73 Å². The lowest BCUT2D eigenvalue weighted by Gasteiger charge is -2.04. The number of amidine groups is 1. The highest BCUT2D eigenvalue weighted by Gasteiger charge is 2.32. The van der Waals surface area contributed by atoms with Crippen molar-refractivity contribution >= 4 is 11.5 Å². The van der Waals surface area contributed by atoms with Crippen LogP contribution < -0.4 is 5.73 Å².